The fourth-order valence-corrected chi connectivity index (χ4v) is 4.79. The highest BCUT2D eigenvalue weighted by Crippen LogP contribution is 2.42. The van der Waals surface area contributed by atoms with E-state index in [-0.39, 0.29) is 23.8 Å². The highest BCUT2D eigenvalue weighted by Gasteiger charge is 2.37. The quantitative estimate of drug-likeness (QED) is 0.649. The van der Waals surface area contributed by atoms with Crippen LogP contribution in [0.4, 0.5) is 10.2 Å². The number of carbonyl (C=O) groups is 1. The number of nitrogens with zero attached hydrogens (tertiary/aromatic N) is 5. The van der Waals surface area contributed by atoms with Crippen molar-refractivity contribution < 1.29 is 9.18 Å². The van der Waals surface area contributed by atoms with Crippen LogP contribution in [-0.2, 0) is 6.42 Å². The molecule has 2 bridgehead atoms. The Bertz CT molecular complexity index is 1140. The van der Waals surface area contributed by atoms with Gasteiger partial charge < -0.3 is 10.2 Å². The summed E-state index contributed by atoms with van der Waals surface area (Å²) in [4.78, 5) is 24.4. The Labute approximate surface area is 180 Å². The van der Waals surface area contributed by atoms with E-state index in [0.29, 0.717) is 35.9 Å². The van der Waals surface area contributed by atoms with Crippen LogP contribution in [0.3, 0.4) is 0 Å². The fourth-order valence-electron chi connectivity index (χ4n) is 4.79. The summed E-state index contributed by atoms with van der Waals surface area (Å²) in [7, 11) is 0. The highest BCUT2D eigenvalue weighted by molar-refractivity contribution is 5.99. The van der Waals surface area contributed by atoms with Gasteiger partial charge in [0, 0.05) is 24.5 Å². The van der Waals surface area contributed by atoms with Crippen LogP contribution in [0.2, 0.25) is 0 Å². The molecule has 2 aliphatic rings. The number of nitrogens with one attached hydrogen (secondary N) is 1. The number of hydrogen-bond acceptors (Lipinski definition) is 5. The van der Waals surface area contributed by atoms with E-state index in [1.807, 2.05) is 19.2 Å². The van der Waals surface area contributed by atoms with Gasteiger partial charge in [-0.05, 0) is 55.7 Å². The Kier molecular flexibility index (Phi) is 4.87. The molecule has 1 N–H and O–H groups in total. The topological polar surface area (TPSA) is 75.4 Å². The number of rotatable bonds is 1. The lowest BCUT2D eigenvalue weighted by Gasteiger charge is -2.27. The summed E-state index contributed by atoms with van der Waals surface area (Å²) in [5, 5.41) is 7.34. The molecule has 0 aromatic carbocycles. The van der Waals surface area contributed by atoms with Crippen LogP contribution < -0.4 is 10.2 Å². The van der Waals surface area contributed by atoms with E-state index in [9.17, 15) is 9.18 Å². The normalized spacial score (nSPS) is 23.8. The summed E-state index contributed by atoms with van der Waals surface area (Å²) < 4.78 is 15.9. The van der Waals surface area contributed by atoms with Crippen LogP contribution in [-0.4, -0.2) is 38.1 Å². The standard InChI is InChI=1S/C23H27FN6O/c1-13(2)15-8-20-17-9-16(24)10-25-19(17)5-4-14(3)27-23(31)18-11-26-30-7-6-21(28-22(18)30)29(20)12-15/h6-7,9-11,13-15,20H,4-5,8,12H2,1-3H3,(H,27,31)/t14-,15?,20+/m1/s1. The maximum absolute atomic E-state index is 14.3. The lowest BCUT2D eigenvalue weighted by molar-refractivity contribution is 0.0940. The van der Waals surface area contributed by atoms with Gasteiger partial charge in [-0.2, -0.15) is 5.10 Å². The molecule has 0 spiro atoms. The van der Waals surface area contributed by atoms with Gasteiger partial charge >= 0.3 is 0 Å². The van der Waals surface area contributed by atoms with Crippen molar-refractivity contribution in [2.75, 3.05) is 11.4 Å². The Balaban J connectivity index is 1.69. The molecule has 0 radical (unpaired) electrons. The minimum Gasteiger partial charge on any atom is -0.349 e. The van der Waals surface area contributed by atoms with E-state index in [0.717, 1.165) is 30.0 Å². The van der Waals surface area contributed by atoms with E-state index in [1.165, 1.54) is 6.20 Å². The van der Waals surface area contributed by atoms with Crippen LogP contribution >= 0.6 is 0 Å². The predicted octanol–water partition coefficient (Wildman–Crippen LogP) is 3.55. The van der Waals surface area contributed by atoms with Crippen LogP contribution in [0.1, 0.15) is 61.3 Å². The molecule has 5 heterocycles. The van der Waals surface area contributed by atoms with Crippen LogP contribution in [0.5, 0.6) is 0 Å². The first-order valence-electron chi connectivity index (χ1n) is 11.0. The maximum Gasteiger partial charge on any atom is 0.256 e. The van der Waals surface area contributed by atoms with Crippen LogP contribution in [0.15, 0.2) is 30.7 Å². The SMILES string of the molecule is CC(C)C1C[C@H]2c3cc(F)cnc3CC[C@@H](C)NC(=O)c3cnn4ccc(nc34)N2C1. The van der Waals surface area contributed by atoms with Gasteiger partial charge in [-0.25, -0.2) is 13.9 Å². The first-order valence-corrected chi connectivity index (χ1v) is 11.0. The number of anilines is 1. The molecule has 3 aromatic heterocycles. The van der Waals surface area contributed by atoms with E-state index in [2.05, 4.69) is 34.1 Å². The third-order valence-corrected chi connectivity index (χ3v) is 6.69. The zero-order valence-corrected chi connectivity index (χ0v) is 18.0. The zero-order valence-electron chi connectivity index (χ0n) is 18.0. The molecular formula is C23H27FN6O. The molecule has 5 rings (SSSR count). The first kappa shape index (κ1) is 19.9. The number of amides is 1. The molecule has 31 heavy (non-hydrogen) atoms. The highest BCUT2D eigenvalue weighted by atomic mass is 19.1. The molecule has 8 heteroatoms. The van der Waals surface area contributed by atoms with Crippen molar-refractivity contribution in [1.82, 2.24) is 24.9 Å². The van der Waals surface area contributed by atoms with Crippen LogP contribution in [0, 0.1) is 17.7 Å². The number of hydrogen-bond donors (Lipinski definition) is 1. The van der Waals surface area contributed by atoms with Crippen molar-refractivity contribution in [3.8, 4) is 0 Å². The molecule has 1 saturated heterocycles. The summed E-state index contributed by atoms with van der Waals surface area (Å²) in [5.41, 5.74) is 2.82. The Morgan fingerprint density at radius 2 is 2.13 bits per heavy atom. The van der Waals surface area contributed by atoms with Crippen molar-refractivity contribution in [2.45, 2.75) is 52.1 Å². The lowest BCUT2D eigenvalue weighted by atomic mass is 9.90. The molecule has 1 unspecified atom stereocenters. The van der Waals surface area contributed by atoms with E-state index >= 15 is 0 Å². The number of halogens is 1. The summed E-state index contributed by atoms with van der Waals surface area (Å²) in [6.07, 6.45) is 7.00. The molecule has 1 amide bonds. The van der Waals surface area contributed by atoms with Gasteiger partial charge in [0.15, 0.2) is 5.65 Å². The average Bonchev–Trinajstić information content (AvgIpc) is 3.36. The summed E-state index contributed by atoms with van der Waals surface area (Å²) in [6, 6.07) is 3.49. The molecule has 3 atom stereocenters. The number of aryl methyl sites for hydroxylation is 1. The van der Waals surface area contributed by atoms with Crippen molar-refractivity contribution in [2.24, 2.45) is 11.8 Å². The smallest absolute Gasteiger partial charge is 0.256 e. The van der Waals surface area contributed by atoms with E-state index in [4.69, 9.17) is 4.98 Å². The Morgan fingerprint density at radius 3 is 2.94 bits per heavy atom. The minimum atomic E-state index is -0.321. The van der Waals surface area contributed by atoms with Crippen molar-refractivity contribution in [3.63, 3.8) is 0 Å². The lowest BCUT2D eigenvalue weighted by Crippen LogP contribution is -2.33. The average molecular weight is 423 g/mol. The second-order valence-electron chi connectivity index (χ2n) is 9.12. The van der Waals surface area contributed by atoms with Gasteiger partial charge in [0.05, 0.1) is 18.4 Å². The maximum atomic E-state index is 14.3. The monoisotopic (exact) mass is 422 g/mol. The second-order valence-corrected chi connectivity index (χ2v) is 9.12. The molecular weight excluding hydrogens is 395 g/mol. The Morgan fingerprint density at radius 1 is 1.29 bits per heavy atom. The van der Waals surface area contributed by atoms with Gasteiger partial charge in [-0.15, -0.1) is 0 Å². The summed E-state index contributed by atoms with van der Waals surface area (Å²) in [6.45, 7) is 7.26. The molecule has 3 aromatic rings. The van der Waals surface area contributed by atoms with Gasteiger partial charge in [0.1, 0.15) is 17.2 Å². The number of fused-ring (bicyclic) bond motifs is 5. The molecule has 1 fully saturated rings. The van der Waals surface area contributed by atoms with Gasteiger partial charge in [0.2, 0.25) is 0 Å². The Hall–Kier alpha value is -3.03. The second kappa shape index (κ2) is 7.59. The van der Waals surface area contributed by atoms with Crippen molar-refractivity contribution in [1.29, 1.82) is 0 Å². The van der Waals surface area contributed by atoms with Gasteiger partial charge in [0.25, 0.3) is 5.91 Å². The largest absolute Gasteiger partial charge is 0.349 e. The summed E-state index contributed by atoms with van der Waals surface area (Å²) >= 11 is 0. The van der Waals surface area contributed by atoms with Gasteiger partial charge in [-0.1, -0.05) is 13.8 Å². The predicted molar refractivity (Wildman–Crippen MR) is 115 cm³/mol. The number of aromatic nitrogens is 4. The van der Waals surface area contributed by atoms with Crippen LogP contribution in [0.25, 0.3) is 5.65 Å². The molecule has 0 saturated carbocycles. The zero-order chi connectivity index (χ0) is 21.7. The molecule has 7 nitrogen and oxygen atoms in total. The van der Waals surface area contributed by atoms with Crippen molar-refractivity contribution >= 4 is 17.4 Å². The molecule has 162 valence electrons. The summed E-state index contributed by atoms with van der Waals surface area (Å²) in [5.74, 6) is 1.23. The number of carbonyl (C=O) groups excluding carboxylic acids is 1. The van der Waals surface area contributed by atoms with Crippen molar-refractivity contribution in [3.05, 3.63) is 53.4 Å². The minimum absolute atomic E-state index is 0.00774. The third-order valence-electron chi connectivity index (χ3n) is 6.69. The third kappa shape index (κ3) is 3.54. The first-order chi connectivity index (χ1) is 14.9. The van der Waals surface area contributed by atoms with E-state index in [1.54, 1.807) is 16.8 Å². The molecule has 0 aliphatic carbocycles. The van der Waals surface area contributed by atoms with E-state index < -0.39 is 0 Å². The molecule has 2 aliphatic heterocycles. The fraction of sp³-hybridized carbons (Fsp3) is 0.478. The number of pyridine rings is 1. The van der Waals surface area contributed by atoms with Gasteiger partial charge in [-0.3, -0.25) is 9.78 Å².